The van der Waals surface area contributed by atoms with Gasteiger partial charge in [0, 0.05) is 6.54 Å². The highest BCUT2D eigenvalue weighted by atomic mass is 32.2. The monoisotopic (exact) mass is 275 g/mol. The Morgan fingerprint density at radius 2 is 1.83 bits per heavy atom. The lowest BCUT2D eigenvalue weighted by molar-refractivity contribution is -0.136. The number of carboxylic acids is 1. The van der Waals surface area contributed by atoms with E-state index >= 15 is 0 Å². The van der Waals surface area contributed by atoms with Crippen molar-refractivity contribution in [2.24, 2.45) is 0 Å². The van der Waals surface area contributed by atoms with Gasteiger partial charge in [-0.3, -0.25) is 4.79 Å². The second kappa shape index (κ2) is 5.45. The molecule has 0 aliphatic carbocycles. The van der Waals surface area contributed by atoms with Crippen LogP contribution in [-0.2, 0) is 14.8 Å². The molecule has 1 rings (SSSR count). The lowest BCUT2D eigenvalue weighted by atomic mass is 10.1. The zero-order chi connectivity index (χ0) is 13.9. The zero-order valence-electron chi connectivity index (χ0n) is 10.0. The summed E-state index contributed by atoms with van der Waals surface area (Å²) in [6, 6.07) is 2.43. The Bertz CT molecular complexity index is 545. The Hall–Kier alpha value is -1.47. The molecule has 0 unspecified atom stereocenters. The van der Waals surface area contributed by atoms with Gasteiger partial charge in [-0.15, -0.1) is 0 Å². The molecule has 0 heterocycles. The first kappa shape index (κ1) is 14.6. The van der Waals surface area contributed by atoms with Crippen LogP contribution in [0.3, 0.4) is 0 Å². The Labute approximate surface area is 105 Å². The molecule has 18 heavy (non-hydrogen) atoms. The van der Waals surface area contributed by atoms with Crippen molar-refractivity contribution in [3.63, 3.8) is 0 Å². The number of carbonyl (C=O) groups is 1. The van der Waals surface area contributed by atoms with Gasteiger partial charge in [0.25, 0.3) is 0 Å². The average Bonchev–Trinajstić information content (AvgIpc) is 2.24. The summed E-state index contributed by atoms with van der Waals surface area (Å²) in [5, 5.41) is 8.42. The van der Waals surface area contributed by atoms with Crippen LogP contribution in [0.1, 0.15) is 17.5 Å². The first-order valence-corrected chi connectivity index (χ1v) is 6.70. The number of aryl methyl sites for hydroxylation is 2. The molecule has 0 radical (unpaired) electrons. The first-order valence-electron chi connectivity index (χ1n) is 5.22. The minimum absolute atomic E-state index is 0.0655. The van der Waals surface area contributed by atoms with Crippen LogP contribution in [0.25, 0.3) is 0 Å². The molecule has 5 nitrogen and oxygen atoms in total. The zero-order valence-corrected chi connectivity index (χ0v) is 10.8. The fourth-order valence-electron chi connectivity index (χ4n) is 1.44. The smallest absolute Gasteiger partial charge is 0.304 e. The molecule has 100 valence electrons. The number of sulfonamides is 1. The summed E-state index contributed by atoms with van der Waals surface area (Å²) < 4.78 is 39.1. The molecular formula is C11H14FNO4S. The third kappa shape index (κ3) is 3.51. The summed E-state index contributed by atoms with van der Waals surface area (Å²) in [5.74, 6) is -1.54. The van der Waals surface area contributed by atoms with Gasteiger partial charge in [-0.1, -0.05) is 0 Å². The fourth-order valence-corrected chi connectivity index (χ4v) is 2.64. The van der Waals surface area contributed by atoms with E-state index < -0.39 is 21.8 Å². The van der Waals surface area contributed by atoms with Crippen LogP contribution in [-0.4, -0.2) is 26.0 Å². The Morgan fingerprint density at radius 1 is 1.33 bits per heavy atom. The first-order chi connectivity index (χ1) is 8.24. The van der Waals surface area contributed by atoms with Crippen molar-refractivity contribution in [2.75, 3.05) is 6.54 Å². The van der Waals surface area contributed by atoms with Gasteiger partial charge in [-0.25, -0.2) is 17.5 Å². The Kier molecular flexibility index (Phi) is 4.42. The van der Waals surface area contributed by atoms with E-state index in [1.165, 1.54) is 26.0 Å². The van der Waals surface area contributed by atoms with Gasteiger partial charge in [-0.05, 0) is 37.1 Å². The normalized spacial score (nSPS) is 11.5. The highest BCUT2D eigenvalue weighted by Gasteiger charge is 2.16. The van der Waals surface area contributed by atoms with Crippen LogP contribution >= 0.6 is 0 Å². The molecule has 7 heteroatoms. The lowest BCUT2D eigenvalue weighted by Crippen LogP contribution is -2.26. The maximum Gasteiger partial charge on any atom is 0.304 e. The molecule has 0 saturated heterocycles. The van der Waals surface area contributed by atoms with Crippen molar-refractivity contribution in [2.45, 2.75) is 25.2 Å². The SMILES string of the molecule is Cc1cc(S(=O)(=O)NCCC(=O)O)cc(C)c1F. The molecule has 0 aliphatic heterocycles. The van der Waals surface area contributed by atoms with Crippen LogP contribution in [0.2, 0.25) is 0 Å². The maximum atomic E-state index is 13.4. The van der Waals surface area contributed by atoms with Crippen molar-refractivity contribution in [1.29, 1.82) is 0 Å². The topological polar surface area (TPSA) is 83.5 Å². The highest BCUT2D eigenvalue weighted by molar-refractivity contribution is 7.89. The summed E-state index contributed by atoms with van der Waals surface area (Å²) in [5.41, 5.74) is 0.460. The van der Waals surface area contributed by atoms with Crippen LogP contribution in [0.5, 0.6) is 0 Å². The predicted octanol–water partition coefficient (Wildman–Crippen LogP) is 1.20. The van der Waals surface area contributed by atoms with E-state index in [9.17, 15) is 17.6 Å². The molecule has 0 aliphatic rings. The number of nitrogens with one attached hydrogen (secondary N) is 1. The third-order valence-electron chi connectivity index (χ3n) is 2.35. The van der Waals surface area contributed by atoms with Crippen LogP contribution in [0.15, 0.2) is 17.0 Å². The van der Waals surface area contributed by atoms with E-state index in [0.29, 0.717) is 0 Å². The number of aliphatic carboxylic acids is 1. The van der Waals surface area contributed by atoms with Crippen molar-refractivity contribution in [1.82, 2.24) is 4.72 Å². The van der Waals surface area contributed by atoms with Gasteiger partial charge >= 0.3 is 5.97 Å². The highest BCUT2D eigenvalue weighted by Crippen LogP contribution is 2.18. The standard InChI is InChI=1S/C11H14FNO4S/c1-7-5-9(6-8(2)11(7)12)18(16,17)13-4-3-10(14)15/h5-6,13H,3-4H2,1-2H3,(H,14,15). The molecule has 0 fully saturated rings. The minimum atomic E-state index is -3.80. The van der Waals surface area contributed by atoms with Crippen LogP contribution in [0, 0.1) is 19.7 Å². The molecule has 0 spiro atoms. The van der Waals surface area contributed by atoms with Crippen molar-refractivity contribution < 1.29 is 22.7 Å². The van der Waals surface area contributed by atoms with Crippen molar-refractivity contribution in [3.8, 4) is 0 Å². The van der Waals surface area contributed by atoms with E-state index in [0.717, 1.165) is 0 Å². The summed E-state index contributed by atoms with van der Waals surface area (Å²) in [4.78, 5) is 10.2. The van der Waals surface area contributed by atoms with Crippen LogP contribution < -0.4 is 4.72 Å². The largest absolute Gasteiger partial charge is 0.481 e. The van der Waals surface area contributed by atoms with Crippen LogP contribution in [0.4, 0.5) is 4.39 Å². The van der Waals surface area contributed by atoms with Gasteiger partial charge < -0.3 is 5.11 Å². The summed E-state index contributed by atoms with van der Waals surface area (Å²) in [7, 11) is -3.80. The van der Waals surface area contributed by atoms with Gasteiger partial charge in [0.15, 0.2) is 0 Å². The number of halogens is 1. The van der Waals surface area contributed by atoms with E-state index in [-0.39, 0.29) is 29.0 Å². The number of rotatable bonds is 5. The molecular weight excluding hydrogens is 261 g/mol. The van der Waals surface area contributed by atoms with E-state index in [2.05, 4.69) is 4.72 Å². The minimum Gasteiger partial charge on any atom is -0.481 e. The van der Waals surface area contributed by atoms with E-state index in [4.69, 9.17) is 5.11 Å². The molecule has 2 N–H and O–H groups in total. The second-order valence-electron chi connectivity index (χ2n) is 3.91. The van der Waals surface area contributed by atoms with E-state index in [1.807, 2.05) is 0 Å². The van der Waals surface area contributed by atoms with E-state index in [1.54, 1.807) is 0 Å². The molecule has 0 saturated carbocycles. The number of carboxylic acid groups (broad SMARTS) is 1. The fraction of sp³-hybridized carbons (Fsp3) is 0.364. The van der Waals surface area contributed by atoms with Gasteiger partial charge in [0.1, 0.15) is 5.82 Å². The average molecular weight is 275 g/mol. The molecule has 0 aromatic heterocycles. The second-order valence-corrected chi connectivity index (χ2v) is 5.68. The molecule has 1 aromatic rings. The third-order valence-corrected chi connectivity index (χ3v) is 3.79. The van der Waals surface area contributed by atoms with Gasteiger partial charge in [-0.2, -0.15) is 0 Å². The van der Waals surface area contributed by atoms with Gasteiger partial charge in [0.2, 0.25) is 10.0 Å². The summed E-state index contributed by atoms with van der Waals surface area (Å²) in [6.45, 7) is 2.74. The summed E-state index contributed by atoms with van der Waals surface area (Å²) >= 11 is 0. The van der Waals surface area contributed by atoms with Crippen molar-refractivity contribution >= 4 is 16.0 Å². The molecule has 0 amide bonds. The summed E-state index contributed by atoms with van der Waals surface area (Å²) in [6.07, 6.45) is -0.307. The molecule has 0 bridgehead atoms. The molecule has 0 atom stereocenters. The predicted molar refractivity (Wildman–Crippen MR) is 63.3 cm³/mol. The number of hydrogen-bond acceptors (Lipinski definition) is 3. The quantitative estimate of drug-likeness (QED) is 0.845. The maximum absolute atomic E-state index is 13.4. The number of hydrogen-bond donors (Lipinski definition) is 2. The van der Waals surface area contributed by atoms with Gasteiger partial charge in [0.05, 0.1) is 11.3 Å². The Morgan fingerprint density at radius 3 is 2.28 bits per heavy atom. The lowest BCUT2D eigenvalue weighted by Gasteiger charge is -2.08. The van der Waals surface area contributed by atoms with Crippen molar-refractivity contribution in [3.05, 3.63) is 29.1 Å². The number of benzene rings is 1. The molecule has 1 aromatic carbocycles. The Balaban J connectivity index is 2.95.